The Morgan fingerprint density at radius 2 is 1.80 bits per heavy atom. The number of aliphatic carboxylic acids is 1. The maximum absolute atomic E-state index is 12.0. The quantitative estimate of drug-likeness (QED) is 0.809. The van der Waals surface area contributed by atoms with Gasteiger partial charge in [-0.25, -0.2) is 8.42 Å². The molecule has 1 N–H and O–H groups in total. The Balaban J connectivity index is 2.31. The van der Waals surface area contributed by atoms with E-state index >= 15 is 0 Å². The molecule has 1 saturated heterocycles. The molecule has 5 nitrogen and oxygen atoms in total. The van der Waals surface area contributed by atoms with Crippen LogP contribution in [-0.2, 0) is 14.6 Å². The Hall–Kier alpha value is -0.620. The highest BCUT2D eigenvalue weighted by atomic mass is 32.2. The van der Waals surface area contributed by atoms with Crippen LogP contribution < -0.4 is 0 Å². The van der Waals surface area contributed by atoms with Crippen LogP contribution in [0.25, 0.3) is 0 Å². The minimum atomic E-state index is -3.05. The number of hydrogen-bond donors (Lipinski definition) is 1. The van der Waals surface area contributed by atoms with Crippen LogP contribution in [0.2, 0.25) is 0 Å². The molecule has 1 aliphatic rings. The fraction of sp³-hybridized carbons (Fsp3) is 0.929. The van der Waals surface area contributed by atoms with Crippen LogP contribution in [0.15, 0.2) is 0 Å². The first-order valence-corrected chi connectivity index (χ1v) is 8.93. The number of hydrogen-bond acceptors (Lipinski definition) is 4. The Kier molecular flexibility index (Phi) is 6.01. The fourth-order valence-electron chi connectivity index (χ4n) is 2.38. The number of rotatable bonds is 6. The van der Waals surface area contributed by atoms with Gasteiger partial charge in [-0.15, -0.1) is 0 Å². The second kappa shape index (κ2) is 6.89. The molecule has 118 valence electrons. The highest BCUT2D eigenvalue weighted by Crippen LogP contribution is 2.22. The Morgan fingerprint density at radius 1 is 1.25 bits per heavy atom. The SMILES string of the molecule is CC(C)(C)S(=O)(=O)CCN1CCC(CCC(=O)O)CC1. The minimum absolute atomic E-state index is 0.205. The molecular weight excluding hydrogens is 278 g/mol. The standard InChI is InChI=1S/C14H27NO4S/c1-14(2,3)20(18,19)11-10-15-8-6-12(7-9-15)4-5-13(16)17/h12H,4-11H2,1-3H3,(H,16,17). The van der Waals surface area contributed by atoms with Crippen molar-refractivity contribution in [1.29, 1.82) is 0 Å². The van der Waals surface area contributed by atoms with Crippen molar-refractivity contribution < 1.29 is 18.3 Å². The normalized spacial score (nSPS) is 19.1. The highest BCUT2D eigenvalue weighted by Gasteiger charge is 2.29. The molecule has 1 aliphatic heterocycles. The van der Waals surface area contributed by atoms with Gasteiger partial charge in [0.2, 0.25) is 0 Å². The van der Waals surface area contributed by atoms with Crippen LogP contribution in [0.4, 0.5) is 0 Å². The number of carbonyl (C=O) groups is 1. The van der Waals surface area contributed by atoms with Crippen LogP contribution in [-0.4, -0.2) is 54.5 Å². The molecule has 0 aliphatic carbocycles. The number of piperidine rings is 1. The van der Waals surface area contributed by atoms with Gasteiger partial charge in [0, 0.05) is 13.0 Å². The van der Waals surface area contributed by atoms with E-state index in [1.54, 1.807) is 20.8 Å². The summed E-state index contributed by atoms with van der Waals surface area (Å²) in [4.78, 5) is 12.7. The van der Waals surface area contributed by atoms with Crippen LogP contribution >= 0.6 is 0 Å². The van der Waals surface area contributed by atoms with Crippen molar-refractivity contribution in [2.75, 3.05) is 25.4 Å². The predicted molar refractivity (Wildman–Crippen MR) is 79.6 cm³/mol. The third kappa shape index (κ3) is 5.40. The first-order valence-electron chi connectivity index (χ1n) is 7.28. The molecule has 1 fully saturated rings. The van der Waals surface area contributed by atoms with Crippen molar-refractivity contribution in [1.82, 2.24) is 4.90 Å². The van der Waals surface area contributed by atoms with Gasteiger partial charge in [-0.3, -0.25) is 4.79 Å². The zero-order chi connectivity index (χ0) is 15.4. The minimum Gasteiger partial charge on any atom is -0.481 e. The van der Waals surface area contributed by atoms with E-state index in [1.165, 1.54) is 0 Å². The van der Waals surface area contributed by atoms with E-state index in [4.69, 9.17) is 5.11 Å². The van der Waals surface area contributed by atoms with E-state index in [1.807, 2.05) is 0 Å². The van der Waals surface area contributed by atoms with E-state index in [-0.39, 0.29) is 12.2 Å². The summed E-state index contributed by atoms with van der Waals surface area (Å²) in [6.45, 7) is 7.56. The molecule has 0 amide bonds. The van der Waals surface area contributed by atoms with Crippen LogP contribution in [0, 0.1) is 5.92 Å². The van der Waals surface area contributed by atoms with Crippen molar-refractivity contribution in [2.45, 2.75) is 51.2 Å². The number of carboxylic acid groups (broad SMARTS) is 1. The van der Waals surface area contributed by atoms with E-state index < -0.39 is 20.6 Å². The molecule has 0 radical (unpaired) electrons. The first kappa shape index (κ1) is 17.4. The lowest BCUT2D eigenvalue weighted by Gasteiger charge is -2.32. The molecule has 0 aromatic heterocycles. The summed E-state index contributed by atoms with van der Waals surface area (Å²) in [5.74, 6) is -0.0544. The van der Waals surface area contributed by atoms with Crippen molar-refractivity contribution >= 4 is 15.8 Å². The number of carboxylic acids is 1. The molecule has 0 saturated carbocycles. The molecule has 0 bridgehead atoms. The van der Waals surface area contributed by atoms with E-state index in [0.717, 1.165) is 32.4 Å². The topological polar surface area (TPSA) is 74.7 Å². The monoisotopic (exact) mass is 305 g/mol. The Morgan fingerprint density at radius 3 is 2.25 bits per heavy atom. The van der Waals surface area contributed by atoms with Gasteiger partial charge in [-0.05, 0) is 59.0 Å². The summed E-state index contributed by atoms with van der Waals surface area (Å²) in [6, 6.07) is 0. The maximum atomic E-state index is 12.0. The lowest BCUT2D eigenvalue weighted by molar-refractivity contribution is -0.137. The Labute approximate surface area is 122 Å². The Bertz CT molecular complexity index is 417. The first-order chi connectivity index (χ1) is 9.12. The van der Waals surface area contributed by atoms with Crippen LogP contribution in [0.3, 0.4) is 0 Å². The molecule has 6 heteroatoms. The second-order valence-electron chi connectivity index (χ2n) is 6.65. The average Bonchev–Trinajstić information content (AvgIpc) is 2.34. The molecule has 1 heterocycles. The number of sulfone groups is 1. The lowest BCUT2D eigenvalue weighted by Crippen LogP contribution is -2.40. The van der Waals surface area contributed by atoms with Gasteiger partial charge in [0.05, 0.1) is 10.5 Å². The fourth-order valence-corrected chi connectivity index (χ4v) is 3.49. The molecule has 0 aromatic carbocycles. The predicted octanol–water partition coefficient (Wildman–Crippen LogP) is 1.78. The van der Waals surface area contributed by atoms with Crippen molar-refractivity contribution in [3.05, 3.63) is 0 Å². The molecule has 1 rings (SSSR count). The molecule has 0 unspecified atom stereocenters. The lowest BCUT2D eigenvalue weighted by atomic mass is 9.92. The van der Waals surface area contributed by atoms with Gasteiger partial charge in [-0.1, -0.05) is 0 Å². The smallest absolute Gasteiger partial charge is 0.303 e. The molecular formula is C14H27NO4S. The third-order valence-corrected chi connectivity index (χ3v) is 6.67. The number of nitrogens with zero attached hydrogens (tertiary/aromatic N) is 1. The zero-order valence-corrected chi connectivity index (χ0v) is 13.6. The summed E-state index contributed by atoms with van der Waals surface area (Å²) in [6.07, 6.45) is 2.93. The van der Waals surface area contributed by atoms with Gasteiger partial charge in [0.15, 0.2) is 9.84 Å². The molecule has 0 atom stereocenters. The van der Waals surface area contributed by atoms with Gasteiger partial charge in [0.25, 0.3) is 0 Å². The largest absolute Gasteiger partial charge is 0.481 e. The zero-order valence-electron chi connectivity index (χ0n) is 12.8. The summed E-state index contributed by atoms with van der Waals surface area (Å²) < 4.78 is 23.4. The second-order valence-corrected chi connectivity index (χ2v) is 9.51. The van der Waals surface area contributed by atoms with E-state index in [0.29, 0.717) is 12.5 Å². The van der Waals surface area contributed by atoms with Gasteiger partial charge >= 0.3 is 5.97 Å². The van der Waals surface area contributed by atoms with E-state index in [2.05, 4.69) is 4.90 Å². The highest BCUT2D eigenvalue weighted by molar-refractivity contribution is 7.92. The van der Waals surface area contributed by atoms with Crippen molar-refractivity contribution in [3.63, 3.8) is 0 Å². The molecule has 0 spiro atoms. The average molecular weight is 305 g/mol. The summed E-state index contributed by atoms with van der Waals surface area (Å²) in [5.41, 5.74) is 0. The van der Waals surface area contributed by atoms with Crippen molar-refractivity contribution in [2.24, 2.45) is 5.92 Å². The van der Waals surface area contributed by atoms with Gasteiger partial charge in [-0.2, -0.15) is 0 Å². The summed E-state index contributed by atoms with van der Waals surface area (Å²) in [5, 5.41) is 8.67. The van der Waals surface area contributed by atoms with Gasteiger partial charge in [0.1, 0.15) is 0 Å². The summed E-state index contributed by atoms with van der Waals surface area (Å²) >= 11 is 0. The third-order valence-electron chi connectivity index (χ3n) is 4.08. The van der Waals surface area contributed by atoms with E-state index in [9.17, 15) is 13.2 Å². The number of likely N-dealkylation sites (tertiary alicyclic amines) is 1. The van der Waals surface area contributed by atoms with Crippen molar-refractivity contribution in [3.8, 4) is 0 Å². The van der Waals surface area contributed by atoms with Crippen LogP contribution in [0.5, 0.6) is 0 Å². The molecule has 20 heavy (non-hydrogen) atoms. The summed E-state index contributed by atoms with van der Waals surface area (Å²) in [7, 11) is -3.05. The van der Waals surface area contributed by atoms with Gasteiger partial charge < -0.3 is 10.0 Å². The molecule has 0 aromatic rings. The maximum Gasteiger partial charge on any atom is 0.303 e. The van der Waals surface area contributed by atoms with Crippen LogP contribution in [0.1, 0.15) is 46.5 Å².